The van der Waals surface area contributed by atoms with Crippen LogP contribution in [0.25, 0.3) is 0 Å². The van der Waals surface area contributed by atoms with E-state index in [1.165, 1.54) is 18.2 Å². The van der Waals surface area contributed by atoms with Crippen LogP contribution in [0.3, 0.4) is 0 Å². The van der Waals surface area contributed by atoms with Crippen molar-refractivity contribution in [2.75, 3.05) is 0 Å². The molecule has 1 aromatic carbocycles. The summed E-state index contributed by atoms with van der Waals surface area (Å²) in [5.41, 5.74) is -2.86. The second kappa shape index (κ2) is 3.52. The van der Waals surface area contributed by atoms with Crippen LogP contribution >= 0.6 is 0 Å². The number of phenols is 1. The Kier molecular flexibility index (Phi) is 2.56. The van der Waals surface area contributed by atoms with Gasteiger partial charge in [-0.05, 0) is 12.1 Å². The summed E-state index contributed by atoms with van der Waals surface area (Å²) in [5.74, 6) is -0.464. The van der Waals surface area contributed by atoms with Gasteiger partial charge >= 0.3 is 5.66 Å². The monoisotopic (exact) mass is 212 g/mol. The smallest absolute Gasteiger partial charge is 0.485 e. The number of hydrogen-bond donors (Lipinski definition) is 1. The summed E-state index contributed by atoms with van der Waals surface area (Å²) in [4.78, 5) is 19.3. The molecule has 15 heavy (non-hydrogen) atoms. The molecule has 0 aliphatic rings. The van der Waals surface area contributed by atoms with Crippen LogP contribution in [0.2, 0.25) is 0 Å². The van der Waals surface area contributed by atoms with E-state index >= 15 is 0 Å². The van der Waals surface area contributed by atoms with E-state index in [1.54, 1.807) is 0 Å². The molecule has 0 atom stereocenters. The molecule has 0 unspecified atom stereocenters. The largest absolute Gasteiger partial charge is 0.507 e. The summed E-state index contributed by atoms with van der Waals surface area (Å²) < 4.78 is 0. The highest BCUT2D eigenvalue weighted by Crippen LogP contribution is 2.31. The minimum Gasteiger partial charge on any atom is -0.507 e. The average Bonchev–Trinajstić information content (AvgIpc) is 2.16. The normalized spacial score (nSPS) is 11.0. The summed E-state index contributed by atoms with van der Waals surface area (Å²) in [7, 11) is 0. The Morgan fingerprint density at radius 2 is 1.67 bits per heavy atom. The van der Waals surface area contributed by atoms with E-state index in [2.05, 4.69) is 0 Å². The van der Waals surface area contributed by atoms with Crippen LogP contribution in [-0.2, 0) is 5.66 Å². The molecule has 7 nitrogen and oxygen atoms in total. The van der Waals surface area contributed by atoms with E-state index in [1.807, 2.05) is 0 Å². The highest BCUT2D eigenvalue weighted by atomic mass is 16.7. The van der Waals surface area contributed by atoms with Crippen LogP contribution in [-0.4, -0.2) is 15.0 Å². The van der Waals surface area contributed by atoms with Gasteiger partial charge in [0.05, 0.1) is 6.92 Å². The van der Waals surface area contributed by atoms with Gasteiger partial charge in [0.2, 0.25) is 0 Å². The maximum Gasteiger partial charge on any atom is 0.485 e. The maximum absolute atomic E-state index is 10.7. The molecule has 0 fully saturated rings. The third-order valence-electron chi connectivity index (χ3n) is 2.13. The second-order valence-electron chi connectivity index (χ2n) is 3.05. The lowest BCUT2D eigenvalue weighted by Crippen LogP contribution is -2.40. The molecule has 0 aliphatic carbocycles. The van der Waals surface area contributed by atoms with Gasteiger partial charge in [0.1, 0.15) is 21.2 Å². The number of para-hydroxylation sites is 1. The van der Waals surface area contributed by atoms with Gasteiger partial charge in [0, 0.05) is 0 Å². The van der Waals surface area contributed by atoms with Crippen LogP contribution < -0.4 is 0 Å². The average molecular weight is 212 g/mol. The first-order valence-electron chi connectivity index (χ1n) is 3.98. The fraction of sp³-hybridized carbons (Fsp3) is 0.250. The highest BCUT2D eigenvalue weighted by Gasteiger charge is 2.54. The summed E-state index contributed by atoms with van der Waals surface area (Å²) >= 11 is 0. The van der Waals surface area contributed by atoms with Gasteiger partial charge in [0.25, 0.3) is 0 Å². The number of rotatable bonds is 3. The molecule has 0 spiro atoms. The van der Waals surface area contributed by atoms with Crippen LogP contribution in [0.1, 0.15) is 12.5 Å². The van der Waals surface area contributed by atoms with Gasteiger partial charge in [0.15, 0.2) is 0 Å². The van der Waals surface area contributed by atoms with Crippen LogP contribution in [0.4, 0.5) is 0 Å². The molecule has 0 saturated carbocycles. The number of nitrogens with zero attached hydrogens (tertiary/aromatic N) is 2. The molecule has 0 amide bonds. The molecule has 0 bridgehead atoms. The van der Waals surface area contributed by atoms with Gasteiger partial charge in [-0.15, -0.1) is 0 Å². The first-order valence-corrected chi connectivity index (χ1v) is 3.98. The quantitative estimate of drug-likeness (QED) is 0.459. The standard InChI is InChI=1S/C8H8N2O5/c1-8(9(12)13,10(14)15)6-4-2-3-5-7(6)11/h2-5,11H,1H3. The van der Waals surface area contributed by atoms with Crippen molar-refractivity contribution in [1.82, 2.24) is 0 Å². The number of phenolic OH excluding ortho intramolecular Hbond substituents is 1. The summed E-state index contributed by atoms with van der Waals surface area (Å²) in [6.45, 7) is 0.835. The van der Waals surface area contributed by atoms with Crippen LogP contribution in [0.15, 0.2) is 24.3 Å². The summed E-state index contributed by atoms with van der Waals surface area (Å²) in [6, 6.07) is 5.14. The van der Waals surface area contributed by atoms with Gasteiger partial charge < -0.3 is 5.11 Å². The Morgan fingerprint density at radius 3 is 2.07 bits per heavy atom. The fourth-order valence-corrected chi connectivity index (χ4v) is 1.14. The number of nitro groups is 2. The summed E-state index contributed by atoms with van der Waals surface area (Å²) in [5, 5.41) is 30.7. The lowest BCUT2D eigenvalue weighted by atomic mass is 10.0. The van der Waals surface area contributed by atoms with Crippen molar-refractivity contribution >= 4 is 0 Å². The van der Waals surface area contributed by atoms with Crippen LogP contribution in [0, 0.1) is 20.2 Å². The van der Waals surface area contributed by atoms with E-state index in [9.17, 15) is 25.3 Å². The van der Waals surface area contributed by atoms with Crippen molar-refractivity contribution < 1.29 is 15.0 Å². The molecule has 0 saturated heterocycles. The van der Waals surface area contributed by atoms with Crippen molar-refractivity contribution in [1.29, 1.82) is 0 Å². The molecule has 1 N–H and O–H groups in total. The van der Waals surface area contributed by atoms with E-state index in [-0.39, 0.29) is 5.56 Å². The van der Waals surface area contributed by atoms with Gasteiger partial charge in [-0.2, -0.15) is 0 Å². The van der Waals surface area contributed by atoms with Crippen molar-refractivity contribution in [2.45, 2.75) is 12.6 Å². The zero-order valence-corrected chi connectivity index (χ0v) is 7.78. The minimum absolute atomic E-state index is 0.333. The molecule has 1 rings (SSSR count). The Labute approximate surface area is 84.3 Å². The van der Waals surface area contributed by atoms with Crippen LogP contribution in [0.5, 0.6) is 5.75 Å². The van der Waals surface area contributed by atoms with Crippen molar-refractivity contribution in [3.05, 3.63) is 50.1 Å². The molecule has 0 heterocycles. The van der Waals surface area contributed by atoms with Gasteiger partial charge in [-0.25, -0.2) is 0 Å². The zero-order valence-electron chi connectivity index (χ0n) is 7.78. The molecule has 80 valence electrons. The molecule has 0 aromatic heterocycles. The van der Waals surface area contributed by atoms with Crippen molar-refractivity contribution in [3.8, 4) is 5.75 Å². The fourth-order valence-electron chi connectivity index (χ4n) is 1.14. The van der Waals surface area contributed by atoms with E-state index in [4.69, 9.17) is 0 Å². The van der Waals surface area contributed by atoms with Crippen molar-refractivity contribution in [3.63, 3.8) is 0 Å². The SMILES string of the molecule is CC(c1ccccc1O)([N+](=O)[O-])[N+](=O)[O-]. The van der Waals surface area contributed by atoms with E-state index in [0.29, 0.717) is 0 Å². The predicted octanol–water partition coefficient (Wildman–Crippen LogP) is 1.12. The maximum atomic E-state index is 10.7. The third-order valence-corrected chi connectivity index (χ3v) is 2.13. The van der Waals surface area contributed by atoms with E-state index in [0.717, 1.165) is 13.0 Å². The third kappa shape index (κ3) is 1.58. The second-order valence-corrected chi connectivity index (χ2v) is 3.05. The Bertz CT molecular complexity index is 403. The van der Waals surface area contributed by atoms with Crippen molar-refractivity contribution in [2.24, 2.45) is 0 Å². The number of hydrogen-bond acceptors (Lipinski definition) is 5. The van der Waals surface area contributed by atoms with E-state index < -0.39 is 21.3 Å². The lowest BCUT2D eigenvalue weighted by Gasteiger charge is -2.13. The lowest BCUT2D eigenvalue weighted by molar-refractivity contribution is -0.805. The Hall–Kier alpha value is -2.18. The molecular formula is C8H8N2O5. The molecule has 7 heteroatoms. The molecule has 1 aromatic rings. The van der Waals surface area contributed by atoms with Gasteiger partial charge in [-0.1, -0.05) is 12.1 Å². The Balaban J connectivity index is 3.41. The topological polar surface area (TPSA) is 107 Å². The van der Waals surface area contributed by atoms with Gasteiger partial charge in [-0.3, -0.25) is 20.2 Å². The summed E-state index contributed by atoms with van der Waals surface area (Å²) in [6.07, 6.45) is 0. The first kappa shape index (κ1) is 10.9. The molecule has 0 aliphatic heterocycles. The first-order chi connectivity index (χ1) is 6.90. The molecular weight excluding hydrogens is 204 g/mol. The highest BCUT2D eigenvalue weighted by molar-refractivity contribution is 5.34. The number of benzene rings is 1. The Morgan fingerprint density at radius 1 is 1.20 bits per heavy atom. The number of aromatic hydroxyl groups is 1. The zero-order chi connectivity index (χ0) is 11.6. The predicted molar refractivity (Wildman–Crippen MR) is 49.4 cm³/mol. The molecule has 0 radical (unpaired) electrons. The minimum atomic E-state index is -2.52.